The first-order valence-corrected chi connectivity index (χ1v) is 8.97. The molecule has 0 saturated carbocycles. The van der Waals surface area contributed by atoms with Crippen LogP contribution in [0.15, 0.2) is 35.2 Å². The lowest BCUT2D eigenvalue weighted by Gasteiger charge is -2.22. The maximum absolute atomic E-state index is 4.73. The summed E-state index contributed by atoms with van der Waals surface area (Å²) in [5.41, 5.74) is 0. The zero-order chi connectivity index (χ0) is 17.4. The summed E-state index contributed by atoms with van der Waals surface area (Å²) in [5, 5.41) is 13.8. The van der Waals surface area contributed by atoms with Gasteiger partial charge < -0.3 is 14.8 Å². The predicted molar refractivity (Wildman–Crippen MR) is 116 cm³/mol. The molecule has 2 rings (SSSR count). The van der Waals surface area contributed by atoms with Gasteiger partial charge in [-0.3, -0.25) is 0 Å². The average Bonchev–Trinajstić information content (AvgIpc) is 3.20. The van der Waals surface area contributed by atoms with E-state index in [9.17, 15) is 0 Å². The maximum Gasteiger partial charge on any atom is 0.194 e. The molecule has 6 nitrogen and oxygen atoms in total. The summed E-state index contributed by atoms with van der Waals surface area (Å²) >= 11 is 1.74. The van der Waals surface area contributed by atoms with Crippen LogP contribution in [0, 0.1) is 6.92 Å². The van der Waals surface area contributed by atoms with Gasteiger partial charge in [0.15, 0.2) is 11.8 Å². The molecule has 138 valence electrons. The van der Waals surface area contributed by atoms with E-state index in [2.05, 4.69) is 51.6 Å². The molecule has 0 fully saturated rings. The number of unbranched alkanes of at least 4 members (excludes halogenated alkanes) is 1. The molecule has 0 aliphatic carbocycles. The maximum atomic E-state index is 4.73. The highest BCUT2D eigenvalue weighted by Gasteiger charge is 2.09. The lowest BCUT2D eigenvalue weighted by molar-refractivity contribution is 0.467. The number of thiophene rings is 1. The van der Waals surface area contributed by atoms with Gasteiger partial charge in [0.05, 0.1) is 6.54 Å². The van der Waals surface area contributed by atoms with Gasteiger partial charge in [-0.1, -0.05) is 12.1 Å². The summed E-state index contributed by atoms with van der Waals surface area (Å²) in [7, 11) is 4.03. The van der Waals surface area contributed by atoms with E-state index < -0.39 is 0 Å². The Labute approximate surface area is 171 Å². The van der Waals surface area contributed by atoms with Gasteiger partial charge in [0.25, 0.3) is 0 Å². The van der Waals surface area contributed by atoms with Crippen molar-refractivity contribution < 1.29 is 0 Å². The molecule has 8 heteroatoms. The van der Waals surface area contributed by atoms with Gasteiger partial charge in [0.1, 0.15) is 12.4 Å². The van der Waals surface area contributed by atoms with E-state index in [1.807, 2.05) is 24.6 Å². The van der Waals surface area contributed by atoms with Gasteiger partial charge in [-0.25, -0.2) is 4.99 Å². The molecule has 0 saturated heterocycles. The fraction of sp³-hybridized carbons (Fsp3) is 0.471. The molecule has 0 radical (unpaired) electrons. The van der Waals surface area contributed by atoms with Gasteiger partial charge in [-0.2, -0.15) is 0 Å². The number of nitrogens with one attached hydrogen (secondary N) is 1. The summed E-state index contributed by atoms with van der Waals surface area (Å²) in [6, 6.07) is 4.19. The van der Waals surface area contributed by atoms with Crippen molar-refractivity contribution in [1.82, 2.24) is 25.0 Å². The Morgan fingerprint density at radius 1 is 1.48 bits per heavy atom. The lowest BCUT2D eigenvalue weighted by Crippen LogP contribution is -2.39. The molecule has 0 amide bonds. The molecular weight excluding hydrogens is 447 g/mol. The molecule has 2 aromatic heterocycles. The summed E-state index contributed by atoms with van der Waals surface area (Å²) in [4.78, 5) is 8.17. The Hall–Kier alpha value is -1.42. The normalized spacial score (nSPS) is 11.1. The number of hydrogen-bond donors (Lipinski definition) is 1. The summed E-state index contributed by atoms with van der Waals surface area (Å²) in [6.45, 7) is 7.94. The van der Waals surface area contributed by atoms with Crippen LogP contribution in [0.25, 0.3) is 0 Å². The second kappa shape index (κ2) is 11.2. The SMILES string of the molecule is C=CCCCN(C)C(=NCc1nnc(C)n1C)NCc1cccs1.I. The van der Waals surface area contributed by atoms with Gasteiger partial charge in [0.2, 0.25) is 0 Å². The number of aryl methyl sites for hydroxylation is 1. The minimum atomic E-state index is 0. The molecule has 0 bridgehead atoms. The Kier molecular flexibility index (Phi) is 9.73. The van der Waals surface area contributed by atoms with Crippen LogP contribution in [0.4, 0.5) is 0 Å². The van der Waals surface area contributed by atoms with Crippen molar-refractivity contribution >= 4 is 41.3 Å². The van der Waals surface area contributed by atoms with Gasteiger partial charge in [0, 0.05) is 25.5 Å². The Balaban J connectivity index is 0.00000312. The number of halogens is 1. The third-order valence-electron chi connectivity index (χ3n) is 3.82. The van der Waals surface area contributed by atoms with Crippen LogP contribution in [-0.2, 0) is 20.1 Å². The van der Waals surface area contributed by atoms with Crippen molar-refractivity contribution in [3.63, 3.8) is 0 Å². The van der Waals surface area contributed by atoms with Crippen molar-refractivity contribution in [3.05, 3.63) is 46.7 Å². The topological polar surface area (TPSA) is 58.3 Å². The van der Waals surface area contributed by atoms with E-state index in [1.54, 1.807) is 11.3 Å². The summed E-state index contributed by atoms with van der Waals surface area (Å²) in [6.07, 6.45) is 4.01. The first kappa shape index (κ1) is 21.6. The second-order valence-electron chi connectivity index (χ2n) is 5.65. The van der Waals surface area contributed by atoms with E-state index in [4.69, 9.17) is 4.99 Å². The lowest BCUT2D eigenvalue weighted by atomic mass is 10.3. The van der Waals surface area contributed by atoms with Crippen LogP contribution in [0.3, 0.4) is 0 Å². The van der Waals surface area contributed by atoms with Crippen molar-refractivity contribution in [2.24, 2.45) is 12.0 Å². The fourth-order valence-electron chi connectivity index (χ4n) is 2.20. The smallest absolute Gasteiger partial charge is 0.194 e. The quantitative estimate of drug-likeness (QED) is 0.210. The average molecular weight is 474 g/mol. The molecule has 25 heavy (non-hydrogen) atoms. The number of aromatic nitrogens is 3. The third kappa shape index (κ3) is 6.77. The minimum absolute atomic E-state index is 0. The molecule has 0 aliphatic heterocycles. The summed E-state index contributed by atoms with van der Waals surface area (Å²) < 4.78 is 1.97. The molecule has 0 atom stereocenters. The number of rotatable bonds is 8. The number of nitrogens with zero attached hydrogens (tertiary/aromatic N) is 5. The number of allylic oxidation sites excluding steroid dienone is 1. The van der Waals surface area contributed by atoms with E-state index in [1.165, 1.54) is 4.88 Å². The monoisotopic (exact) mass is 474 g/mol. The Morgan fingerprint density at radius 2 is 2.28 bits per heavy atom. The third-order valence-corrected chi connectivity index (χ3v) is 4.69. The van der Waals surface area contributed by atoms with E-state index in [0.717, 1.165) is 43.5 Å². The van der Waals surface area contributed by atoms with E-state index >= 15 is 0 Å². The molecule has 0 aliphatic rings. The molecule has 1 N–H and O–H groups in total. The van der Waals surface area contributed by atoms with E-state index in [-0.39, 0.29) is 24.0 Å². The predicted octanol–water partition coefficient (Wildman–Crippen LogP) is 3.35. The highest BCUT2D eigenvalue weighted by atomic mass is 127. The summed E-state index contributed by atoms with van der Waals surface area (Å²) in [5.74, 6) is 2.64. The first-order valence-electron chi connectivity index (χ1n) is 8.09. The molecule has 0 unspecified atom stereocenters. The largest absolute Gasteiger partial charge is 0.351 e. The Bertz CT molecular complexity index is 665. The van der Waals surface area contributed by atoms with Crippen LogP contribution in [0.2, 0.25) is 0 Å². The van der Waals surface area contributed by atoms with Crippen LogP contribution in [0.5, 0.6) is 0 Å². The molecule has 2 heterocycles. The van der Waals surface area contributed by atoms with Crippen molar-refractivity contribution in [1.29, 1.82) is 0 Å². The van der Waals surface area contributed by atoms with Crippen molar-refractivity contribution in [2.75, 3.05) is 13.6 Å². The first-order chi connectivity index (χ1) is 11.6. The van der Waals surface area contributed by atoms with Gasteiger partial charge in [-0.05, 0) is 31.2 Å². The molecule has 2 aromatic rings. The zero-order valence-corrected chi connectivity index (χ0v) is 18.3. The highest BCUT2D eigenvalue weighted by molar-refractivity contribution is 14.0. The van der Waals surface area contributed by atoms with Crippen LogP contribution in [0.1, 0.15) is 29.4 Å². The number of aliphatic imine (C=N–C) groups is 1. The van der Waals surface area contributed by atoms with Crippen molar-refractivity contribution in [3.8, 4) is 0 Å². The highest BCUT2D eigenvalue weighted by Crippen LogP contribution is 2.08. The number of guanidine groups is 1. The molecular formula is C17H27IN6S. The standard InChI is InChI=1S/C17H26N6S.HI/c1-5-6-7-10-22(3)17(18-12-15-9-8-11-24-15)19-13-16-21-20-14(2)23(16)4;/h5,8-9,11H,1,6-7,10,12-13H2,2-4H3,(H,18,19);1H. The van der Waals surface area contributed by atoms with Gasteiger partial charge in [-0.15, -0.1) is 52.1 Å². The zero-order valence-electron chi connectivity index (χ0n) is 15.1. The van der Waals surface area contributed by atoms with Crippen LogP contribution < -0.4 is 5.32 Å². The van der Waals surface area contributed by atoms with Crippen LogP contribution >= 0.6 is 35.3 Å². The van der Waals surface area contributed by atoms with Crippen LogP contribution in [-0.4, -0.2) is 39.2 Å². The number of hydrogen-bond acceptors (Lipinski definition) is 4. The minimum Gasteiger partial charge on any atom is -0.351 e. The molecule has 0 spiro atoms. The second-order valence-corrected chi connectivity index (χ2v) is 6.68. The van der Waals surface area contributed by atoms with Gasteiger partial charge >= 0.3 is 0 Å². The van der Waals surface area contributed by atoms with Crippen molar-refractivity contribution in [2.45, 2.75) is 32.9 Å². The molecule has 0 aromatic carbocycles. The van der Waals surface area contributed by atoms with E-state index in [0.29, 0.717) is 6.54 Å². The Morgan fingerprint density at radius 3 is 2.88 bits per heavy atom. The fourth-order valence-corrected chi connectivity index (χ4v) is 2.85.